The molecule has 0 bridgehead atoms. The van der Waals surface area contributed by atoms with Gasteiger partial charge >= 0.3 is 0 Å². The average Bonchev–Trinajstić information content (AvgIpc) is 2.67. The van der Waals surface area contributed by atoms with Crippen molar-refractivity contribution in [3.05, 3.63) is 77.7 Å². The second-order valence-electron chi connectivity index (χ2n) is 10.1. The zero-order valence-electron chi connectivity index (χ0n) is 19.5. The fourth-order valence-electron chi connectivity index (χ4n) is 5.41. The van der Waals surface area contributed by atoms with Gasteiger partial charge in [0.15, 0.2) is 0 Å². The number of aliphatic imine (C=N–C) groups is 1. The molecule has 0 heterocycles. The first-order chi connectivity index (χ1) is 14.2. The van der Waals surface area contributed by atoms with Crippen LogP contribution in [0.2, 0.25) is 0 Å². The zero-order valence-corrected chi connectivity index (χ0v) is 19.5. The van der Waals surface area contributed by atoms with Gasteiger partial charge in [0, 0.05) is 11.6 Å². The van der Waals surface area contributed by atoms with Gasteiger partial charge in [-0.25, -0.2) is 4.99 Å². The number of hydrogen-bond donors (Lipinski definition) is 0. The Morgan fingerprint density at radius 3 is 2.20 bits per heavy atom. The topological polar surface area (TPSA) is 21.6 Å². The van der Waals surface area contributed by atoms with Crippen LogP contribution in [-0.4, -0.2) is 6.21 Å². The Morgan fingerprint density at radius 1 is 1.00 bits per heavy atom. The fraction of sp³-hybridized carbons (Fsp3) is 0.464. The molecular formula is C28H37NO. The summed E-state index contributed by atoms with van der Waals surface area (Å²) in [4.78, 5) is 4.38. The molecule has 2 heteroatoms. The molecule has 2 aromatic carbocycles. The molecule has 0 radical (unpaired) electrons. The SMILES string of the molecule is C/C=N\C(=C/C(C)C)Oc1ccc(C2(c3ccccc3)CC(C)CC(C)(C)C2)cc1. The molecule has 1 aliphatic rings. The Kier molecular flexibility index (Phi) is 6.85. The van der Waals surface area contributed by atoms with Crippen LogP contribution in [0.3, 0.4) is 0 Å². The van der Waals surface area contributed by atoms with Crippen molar-refractivity contribution in [1.29, 1.82) is 0 Å². The lowest BCUT2D eigenvalue weighted by Gasteiger charge is -2.48. The van der Waals surface area contributed by atoms with Gasteiger partial charge in [-0.3, -0.25) is 0 Å². The quantitative estimate of drug-likeness (QED) is 0.356. The van der Waals surface area contributed by atoms with E-state index in [0.717, 1.165) is 12.2 Å². The summed E-state index contributed by atoms with van der Waals surface area (Å²) in [5, 5.41) is 0. The molecule has 3 rings (SSSR count). The minimum Gasteiger partial charge on any atom is -0.439 e. The smallest absolute Gasteiger partial charge is 0.215 e. The Balaban J connectivity index is 1.98. The molecule has 0 aliphatic heterocycles. The Labute approximate surface area is 183 Å². The van der Waals surface area contributed by atoms with E-state index in [9.17, 15) is 0 Å². The maximum absolute atomic E-state index is 6.07. The molecule has 1 fully saturated rings. The summed E-state index contributed by atoms with van der Waals surface area (Å²) in [7, 11) is 0. The van der Waals surface area contributed by atoms with Crippen LogP contribution >= 0.6 is 0 Å². The van der Waals surface area contributed by atoms with Gasteiger partial charge in [-0.1, -0.05) is 77.1 Å². The lowest BCUT2D eigenvalue weighted by atomic mass is 9.55. The third kappa shape index (κ3) is 5.22. The van der Waals surface area contributed by atoms with E-state index in [1.165, 1.54) is 24.0 Å². The van der Waals surface area contributed by atoms with Gasteiger partial charge in [-0.2, -0.15) is 0 Å². The molecule has 0 aromatic heterocycles. The molecule has 2 aromatic rings. The number of nitrogens with zero attached hydrogens (tertiary/aromatic N) is 1. The highest BCUT2D eigenvalue weighted by Gasteiger charge is 2.44. The van der Waals surface area contributed by atoms with Crippen LogP contribution in [-0.2, 0) is 5.41 Å². The first-order valence-electron chi connectivity index (χ1n) is 11.3. The predicted octanol–water partition coefficient (Wildman–Crippen LogP) is 7.79. The maximum atomic E-state index is 6.07. The second kappa shape index (κ2) is 9.20. The monoisotopic (exact) mass is 403 g/mol. The number of allylic oxidation sites excluding steroid dienone is 1. The molecule has 2 nitrogen and oxygen atoms in total. The van der Waals surface area contributed by atoms with E-state index >= 15 is 0 Å². The zero-order chi connectivity index (χ0) is 21.8. The van der Waals surface area contributed by atoms with E-state index in [-0.39, 0.29) is 5.41 Å². The predicted molar refractivity (Wildman–Crippen MR) is 128 cm³/mol. The van der Waals surface area contributed by atoms with Gasteiger partial charge in [0.2, 0.25) is 5.88 Å². The van der Waals surface area contributed by atoms with Crippen molar-refractivity contribution < 1.29 is 4.74 Å². The van der Waals surface area contributed by atoms with E-state index < -0.39 is 0 Å². The van der Waals surface area contributed by atoms with Crippen molar-refractivity contribution in [2.75, 3.05) is 0 Å². The molecule has 0 amide bonds. The van der Waals surface area contributed by atoms with E-state index in [1.54, 1.807) is 6.21 Å². The van der Waals surface area contributed by atoms with Crippen LogP contribution in [0.5, 0.6) is 5.75 Å². The van der Waals surface area contributed by atoms with Gasteiger partial charge in [-0.05, 0) is 72.8 Å². The lowest BCUT2D eigenvalue weighted by molar-refractivity contribution is 0.127. The first kappa shape index (κ1) is 22.3. The van der Waals surface area contributed by atoms with Crippen molar-refractivity contribution in [2.45, 2.75) is 66.2 Å². The normalized spacial score (nSPS) is 24.4. The molecular weight excluding hydrogens is 366 g/mol. The average molecular weight is 404 g/mol. The molecule has 1 aliphatic carbocycles. The van der Waals surface area contributed by atoms with Crippen molar-refractivity contribution in [1.82, 2.24) is 0 Å². The molecule has 2 atom stereocenters. The number of benzene rings is 2. The highest BCUT2D eigenvalue weighted by Crippen LogP contribution is 2.53. The molecule has 0 spiro atoms. The van der Waals surface area contributed by atoms with Crippen LogP contribution in [0.15, 0.2) is 71.5 Å². The van der Waals surface area contributed by atoms with Gasteiger partial charge in [-0.15, -0.1) is 0 Å². The maximum Gasteiger partial charge on any atom is 0.215 e. The van der Waals surface area contributed by atoms with Crippen LogP contribution in [0.25, 0.3) is 0 Å². The van der Waals surface area contributed by atoms with Crippen LogP contribution < -0.4 is 4.74 Å². The molecule has 30 heavy (non-hydrogen) atoms. The summed E-state index contributed by atoms with van der Waals surface area (Å²) < 4.78 is 6.07. The van der Waals surface area contributed by atoms with Crippen LogP contribution in [0, 0.1) is 17.3 Å². The summed E-state index contributed by atoms with van der Waals surface area (Å²) in [6.45, 7) is 13.4. The molecule has 1 saturated carbocycles. The standard InChI is InChI=1S/C28H37NO/c1-7-29-26(17-21(2)3)30-25-15-13-24(14-16-25)28(23-11-9-8-10-12-23)19-22(4)18-27(5,6)20-28/h7-17,21-22H,18-20H2,1-6H3/b26-17+,29-7-. The fourth-order valence-corrected chi connectivity index (χ4v) is 5.41. The third-order valence-electron chi connectivity index (χ3n) is 6.07. The first-order valence-corrected chi connectivity index (χ1v) is 11.3. The number of rotatable bonds is 6. The minimum absolute atomic E-state index is 0.0408. The van der Waals surface area contributed by atoms with Crippen LogP contribution in [0.1, 0.15) is 71.9 Å². The summed E-state index contributed by atoms with van der Waals surface area (Å²) >= 11 is 0. The largest absolute Gasteiger partial charge is 0.439 e. The van der Waals surface area contributed by atoms with E-state index in [4.69, 9.17) is 4.74 Å². The van der Waals surface area contributed by atoms with Crippen molar-refractivity contribution in [2.24, 2.45) is 22.2 Å². The number of hydrogen-bond acceptors (Lipinski definition) is 2. The molecule has 160 valence electrons. The van der Waals surface area contributed by atoms with E-state index in [2.05, 4.69) is 94.2 Å². The van der Waals surface area contributed by atoms with Gasteiger partial charge in [0.1, 0.15) is 5.75 Å². The van der Waals surface area contributed by atoms with Crippen molar-refractivity contribution >= 4 is 6.21 Å². The van der Waals surface area contributed by atoms with Crippen molar-refractivity contribution in [3.63, 3.8) is 0 Å². The lowest BCUT2D eigenvalue weighted by Crippen LogP contribution is -2.41. The van der Waals surface area contributed by atoms with Gasteiger partial charge in [0.25, 0.3) is 0 Å². The van der Waals surface area contributed by atoms with Crippen molar-refractivity contribution in [3.8, 4) is 5.75 Å². The van der Waals surface area contributed by atoms with E-state index in [1.807, 2.05) is 13.0 Å². The molecule has 0 saturated heterocycles. The summed E-state index contributed by atoms with van der Waals surface area (Å²) in [6.07, 6.45) is 7.44. The van der Waals surface area contributed by atoms with Gasteiger partial charge in [0.05, 0.1) is 0 Å². The summed E-state index contributed by atoms with van der Waals surface area (Å²) in [5.41, 5.74) is 3.16. The summed E-state index contributed by atoms with van der Waals surface area (Å²) in [6, 6.07) is 19.8. The molecule has 0 N–H and O–H groups in total. The summed E-state index contributed by atoms with van der Waals surface area (Å²) in [5.74, 6) is 2.56. The van der Waals surface area contributed by atoms with Crippen LogP contribution in [0.4, 0.5) is 0 Å². The minimum atomic E-state index is 0.0408. The molecule has 2 unspecified atom stereocenters. The second-order valence-corrected chi connectivity index (χ2v) is 10.1. The Bertz CT molecular complexity index is 877. The highest BCUT2D eigenvalue weighted by molar-refractivity contribution is 5.55. The number of ether oxygens (including phenoxy) is 1. The highest BCUT2D eigenvalue weighted by atomic mass is 16.5. The Hall–Kier alpha value is -2.35. The Morgan fingerprint density at radius 2 is 1.63 bits per heavy atom. The van der Waals surface area contributed by atoms with Gasteiger partial charge < -0.3 is 4.74 Å². The third-order valence-corrected chi connectivity index (χ3v) is 6.07. The van der Waals surface area contributed by atoms with E-state index in [0.29, 0.717) is 23.1 Å².